The van der Waals surface area contributed by atoms with Crippen LogP contribution in [0.5, 0.6) is 0 Å². The Hall–Kier alpha value is -3.44. The molecule has 29 heavy (non-hydrogen) atoms. The molecule has 0 unspecified atom stereocenters. The molecule has 0 saturated heterocycles. The maximum absolute atomic E-state index is 9.12. The molecule has 0 fully saturated rings. The number of aryl methyl sites for hydroxylation is 1. The van der Waals surface area contributed by atoms with Crippen molar-refractivity contribution >= 4 is 33.9 Å². The maximum Gasteiger partial charge on any atom is 0.172 e. The molecule has 0 aliphatic rings. The topological polar surface area (TPSA) is 116 Å². The van der Waals surface area contributed by atoms with Gasteiger partial charge in [-0.2, -0.15) is 10.4 Å². The first-order chi connectivity index (χ1) is 14.3. The fraction of sp³-hybridized carbons (Fsp3) is 0.238. The van der Waals surface area contributed by atoms with Crippen molar-refractivity contribution in [2.75, 3.05) is 17.6 Å². The number of fused-ring (bicyclic) bond motifs is 1. The van der Waals surface area contributed by atoms with Gasteiger partial charge in [-0.05, 0) is 42.8 Å². The quantitative estimate of drug-likeness (QED) is 0.376. The number of H-pyrrole nitrogens is 1. The van der Waals surface area contributed by atoms with Gasteiger partial charge in [0.1, 0.15) is 17.5 Å². The van der Waals surface area contributed by atoms with Crippen molar-refractivity contribution in [1.29, 1.82) is 5.26 Å². The fourth-order valence-corrected chi connectivity index (χ4v) is 3.90. The van der Waals surface area contributed by atoms with Crippen molar-refractivity contribution < 1.29 is 0 Å². The lowest BCUT2D eigenvalue weighted by Gasteiger charge is -2.10. The second-order valence-electron chi connectivity index (χ2n) is 6.70. The van der Waals surface area contributed by atoms with E-state index >= 15 is 0 Å². The number of para-hydroxylation sites is 1. The molecular weight excluding hydrogens is 382 g/mol. The van der Waals surface area contributed by atoms with Gasteiger partial charge in [0.05, 0.1) is 16.1 Å². The molecule has 7 nitrogen and oxygen atoms in total. The van der Waals surface area contributed by atoms with E-state index in [4.69, 9.17) is 21.0 Å². The van der Waals surface area contributed by atoms with Crippen LogP contribution in [0.4, 0.5) is 11.6 Å². The molecule has 8 heteroatoms. The number of nitrogens with one attached hydrogen (secondary N) is 2. The van der Waals surface area contributed by atoms with E-state index in [1.165, 1.54) is 0 Å². The lowest BCUT2D eigenvalue weighted by molar-refractivity contribution is 0.687. The first kappa shape index (κ1) is 18.9. The molecule has 146 valence electrons. The van der Waals surface area contributed by atoms with Gasteiger partial charge in [0.2, 0.25) is 0 Å². The van der Waals surface area contributed by atoms with E-state index in [2.05, 4.69) is 21.6 Å². The highest BCUT2D eigenvalue weighted by molar-refractivity contribution is 7.13. The van der Waals surface area contributed by atoms with Gasteiger partial charge in [-0.1, -0.05) is 24.6 Å². The molecule has 0 spiro atoms. The Morgan fingerprint density at radius 2 is 2.00 bits per heavy atom. The number of hydrogen-bond donors (Lipinski definition) is 3. The lowest BCUT2D eigenvalue weighted by atomic mass is 10.1. The summed E-state index contributed by atoms with van der Waals surface area (Å²) in [6.45, 7) is 0.821. The highest BCUT2D eigenvalue weighted by Gasteiger charge is 2.11. The molecule has 0 radical (unpaired) electrons. The standard InChI is InChI=1S/C21H21N7S/c22-13-15-17(27-28-19(15)23)9-2-1-5-11-24-20-14-7-3-4-8-16(14)25-21(26-20)18-10-6-12-29-18/h3-4,6-8,10,12H,1-2,5,9,11H2,(H3,23,27,28)(H,24,25,26). The van der Waals surface area contributed by atoms with Crippen molar-refractivity contribution in [2.24, 2.45) is 0 Å². The van der Waals surface area contributed by atoms with Crippen LogP contribution >= 0.6 is 11.3 Å². The normalized spacial score (nSPS) is 10.9. The Balaban J connectivity index is 1.36. The molecular formula is C21H21N7S. The van der Waals surface area contributed by atoms with Gasteiger partial charge in [-0.25, -0.2) is 9.97 Å². The minimum absolute atomic E-state index is 0.279. The zero-order chi connectivity index (χ0) is 20.1. The second-order valence-corrected chi connectivity index (χ2v) is 7.65. The second kappa shape index (κ2) is 8.71. The molecule has 0 atom stereocenters. The van der Waals surface area contributed by atoms with Crippen LogP contribution < -0.4 is 11.1 Å². The summed E-state index contributed by atoms with van der Waals surface area (Å²) in [5.41, 5.74) is 7.90. The van der Waals surface area contributed by atoms with Crippen LogP contribution in [0.2, 0.25) is 0 Å². The van der Waals surface area contributed by atoms with Crippen LogP contribution in [0, 0.1) is 11.3 Å². The number of rotatable bonds is 8. The van der Waals surface area contributed by atoms with Gasteiger partial charge >= 0.3 is 0 Å². The van der Waals surface area contributed by atoms with E-state index in [-0.39, 0.29) is 5.82 Å². The average Bonchev–Trinajstić information content (AvgIpc) is 3.40. The smallest absolute Gasteiger partial charge is 0.172 e. The molecule has 0 aliphatic heterocycles. The van der Waals surface area contributed by atoms with E-state index in [1.54, 1.807) is 11.3 Å². The SMILES string of the molecule is N#Cc1c(N)n[nH]c1CCCCCNc1nc(-c2cccs2)nc2ccccc12. The summed E-state index contributed by atoms with van der Waals surface area (Å²) in [5.74, 6) is 1.90. The number of anilines is 2. The van der Waals surface area contributed by atoms with Gasteiger partial charge in [0, 0.05) is 11.9 Å². The van der Waals surface area contributed by atoms with Gasteiger partial charge in [-0.15, -0.1) is 11.3 Å². The predicted molar refractivity (Wildman–Crippen MR) is 117 cm³/mol. The van der Waals surface area contributed by atoms with Crippen molar-refractivity contribution in [2.45, 2.75) is 25.7 Å². The number of thiophene rings is 1. The van der Waals surface area contributed by atoms with Crippen LogP contribution in [0.15, 0.2) is 41.8 Å². The number of benzene rings is 1. The Labute approximate surface area is 172 Å². The molecule has 0 bridgehead atoms. The van der Waals surface area contributed by atoms with E-state index in [9.17, 15) is 0 Å². The lowest BCUT2D eigenvalue weighted by Crippen LogP contribution is -2.06. The highest BCUT2D eigenvalue weighted by Crippen LogP contribution is 2.27. The van der Waals surface area contributed by atoms with E-state index in [1.807, 2.05) is 41.8 Å². The van der Waals surface area contributed by atoms with E-state index < -0.39 is 0 Å². The number of aromatic amines is 1. The third-order valence-corrected chi connectivity index (χ3v) is 5.59. The molecule has 4 rings (SSSR count). The minimum atomic E-state index is 0.279. The number of nitrogens with two attached hydrogens (primary N) is 1. The molecule has 0 saturated carbocycles. The number of hydrogen-bond acceptors (Lipinski definition) is 7. The average molecular weight is 404 g/mol. The summed E-state index contributed by atoms with van der Waals surface area (Å²) in [5, 5.41) is 22.4. The number of aromatic nitrogens is 4. The maximum atomic E-state index is 9.12. The number of unbranched alkanes of at least 4 members (excludes halogenated alkanes) is 2. The Bertz CT molecular complexity index is 1140. The van der Waals surface area contributed by atoms with E-state index in [0.717, 1.165) is 65.3 Å². The van der Waals surface area contributed by atoms with Crippen molar-refractivity contribution in [1.82, 2.24) is 20.2 Å². The first-order valence-electron chi connectivity index (χ1n) is 9.53. The number of nitrogen functional groups attached to an aromatic ring is 1. The van der Waals surface area contributed by atoms with Gasteiger partial charge < -0.3 is 11.1 Å². The Morgan fingerprint density at radius 3 is 2.83 bits per heavy atom. The van der Waals surface area contributed by atoms with Crippen LogP contribution in [-0.4, -0.2) is 26.7 Å². The summed E-state index contributed by atoms with van der Waals surface area (Å²) in [6, 6.07) is 14.2. The van der Waals surface area contributed by atoms with Crippen molar-refractivity contribution in [3.05, 3.63) is 53.0 Å². The number of nitriles is 1. The van der Waals surface area contributed by atoms with Crippen LogP contribution in [0.25, 0.3) is 21.6 Å². The third-order valence-electron chi connectivity index (χ3n) is 4.72. The monoisotopic (exact) mass is 403 g/mol. The molecule has 3 heterocycles. The molecule has 1 aromatic carbocycles. The summed E-state index contributed by atoms with van der Waals surface area (Å²) in [7, 11) is 0. The van der Waals surface area contributed by atoms with Gasteiger partial charge in [0.25, 0.3) is 0 Å². The highest BCUT2D eigenvalue weighted by atomic mass is 32.1. The van der Waals surface area contributed by atoms with Gasteiger partial charge in [-0.3, -0.25) is 5.10 Å². The Morgan fingerprint density at radius 1 is 1.10 bits per heavy atom. The fourth-order valence-electron chi connectivity index (χ4n) is 3.24. The van der Waals surface area contributed by atoms with Crippen molar-refractivity contribution in [3.63, 3.8) is 0 Å². The summed E-state index contributed by atoms with van der Waals surface area (Å²) in [6.07, 6.45) is 3.75. The minimum Gasteiger partial charge on any atom is -0.381 e. The predicted octanol–water partition coefficient (Wildman–Crippen LogP) is 4.36. The third kappa shape index (κ3) is 4.20. The largest absolute Gasteiger partial charge is 0.381 e. The molecule has 0 aliphatic carbocycles. The van der Waals surface area contributed by atoms with Crippen LogP contribution in [0.3, 0.4) is 0 Å². The summed E-state index contributed by atoms with van der Waals surface area (Å²) >= 11 is 1.64. The molecule has 4 aromatic rings. The number of nitrogens with zero attached hydrogens (tertiary/aromatic N) is 4. The molecule has 0 amide bonds. The zero-order valence-electron chi connectivity index (χ0n) is 15.9. The van der Waals surface area contributed by atoms with Crippen LogP contribution in [0.1, 0.15) is 30.5 Å². The molecule has 4 N–H and O–H groups in total. The summed E-state index contributed by atoms with van der Waals surface area (Å²) < 4.78 is 0. The van der Waals surface area contributed by atoms with E-state index in [0.29, 0.717) is 5.56 Å². The Kier molecular flexibility index (Phi) is 5.68. The van der Waals surface area contributed by atoms with Crippen LogP contribution in [-0.2, 0) is 6.42 Å². The van der Waals surface area contributed by atoms with Gasteiger partial charge in [0.15, 0.2) is 11.6 Å². The zero-order valence-corrected chi connectivity index (χ0v) is 16.7. The first-order valence-corrected chi connectivity index (χ1v) is 10.4. The van der Waals surface area contributed by atoms with Crippen molar-refractivity contribution in [3.8, 4) is 16.8 Å². The summed E-state index contributed by atoms with van der Waals surface area (Å²) in [4.78, 5) is 10.5. The molecule has 3 aromatic heterocycles.